The Labute approximate surface area is 145 Å². The van der Waals surface area contributed by atoms with Crippen molar-refractivity contribution >= 4 is 17.6 Å². The Balaban J connectivity index is 1.60. The third-order valence-electron chi connectivity index (χ3n) is 4.04. The van der Waals surface area contributed by atoms with Gasteiger partial charge in [0.25, 0.3) is 0 Å². The average molecular weight is 338 g/mol. The Morgan fingerprint density at radius 1 is 1.16 bits per heavy atom. The Kier molecular flexibility index (Phi) is 5.09. The summed E-state index contributed by atoms with van der Waals surface area (Å²) in [5, 5.41) is 8.96. The molecule has 0 atom stereocenters. The minimum Gasteiger partial charge on any atom is -0.465 e. The summed E-state index contributed by atoms with van der Waals surface area (Å²) in [4.78, 5) is 28.5. The van der Waals surface area contributed by atoms with Gasteiger partial charge in [0, 0.05) is 19.3 Å². The predicted octanol–water partition coefficient (Wildman–Crippen LogP) is 3.21. The quantitative estimate of drug-likeness (QED) is 0.866. The molecule has 1 aliphatic rings. The van der Waals surface area contributed by atoms with E-state index < -0.39 is 12.1 Å². The molecule has 1 N–H and O–H groups in total. The van der Waals surface area contributed by atoms with E-state index in [0.29, 0.717) is 19.5 Å². The topological polar surface area (TPSA) is 79.7 Å². The number of carboxylic acid groups (broad SMARTS) is 1. The van der Waals surface area contributed by atoms with E-state index in [0.717, 1.165) is 16.7 Å². The monoisotopic (exact) mass is 338 g/mol. The zero-order valence-corrected chi connectivity index (χ0v) is 13.6. The van der Waals surface area contributed by atoms with Gasteiger partial charge < -0.3 is 14.7 Å². The number of nitrogens with zero attached hydrogens (tertiary/aromatic N) is 2. The van der Waals surface area contributed by atoms with Gasteiger partial charge in [-0.05, 0) is 29.2 Å². The number of rotatable bonds is 4. The second-order valence-electron chi connectivity index (χ2n) is 5.70. The molecule has 1 aliphatic heterocycles. The van der Waals surface area contributed by atoms with Gasteiger partial charge in [-0.2, -0.15) is 0 Å². The highest BCUT2D eigenvalue weighted by Gasteiger charge is 2.17. The van der Waals surface area contributed by atoms with Crippen molar-refractivity contribution in [3.8, 4) is 0 Å². The van der Waals surface area contributed by atoms with Gasteiger partial charge in [-0.3, -0.25) is 0 Å². The van der Waals surface area contributed by atoms with Gasteiger partial charge in [0.15, 0.2) is 0 Å². The molecule has 25 heavy (non-hydrogen) atoms. The zero-order chi connectivity index (χ0) is 17.6. The number of carbonyl (C=O) groups excluding carboxylic acids is 1. The van der Waals surface area contributed by atoms with Crippen molar-refractivity contribution < 1.29 is 19.4 Å². The number of pyridine rings is 1. The molecule has 2 heterocycles. The molecule has 0 saturated carbocycles. The van der Waals surface area contributed by atoms with Gasteiger partial charge in [0.2, 0.25) is 0 Å². The molecule has 6 nitrogen and oxygen atoms in total. The molecular weight excluding hydrogens is 320 g/mol. The summed E-state index contributed by atoms with van der Waals surface area (Å²) in [5.41, 5.74) is 3.10. The number of hydrogen-bond donors (Lipinski definition) is 1. The van der Waals surface area contributed by atoms with E-state index in [-0.39, 0.29) is 12.3 Å². The summed E-state index contributed by atoms with van der Waals surface area (Å²) in [7, 11) is 0. The molecule has 6 heteroatoms. The number of ether oxygens (including phenoxy) is 1. The van der Waals surface area contributed by atoms with Gasteiger partial charge >= 0.3 is 12.1 Å². The number of benzene rings is 1. The molecule has 0 bridgehead atoms. The SMILES string of the molecule is O=C(OCc1ccccc1)c1ccc(C2=CCN(C(=O)O)CC2)cn1. The highest BCUT2D eigenvalue weighted by molar-refractivity contribution is 5.87. The van der Waals surface area contributed by atoms with Crippen LogP contribution < -0.4 is 0 Å². The molecule has 3 rings (SSSR count). The molecule has 1 amide bonds. The van der Waals surface area contributed by atoms with Crippen LogP contribution in [0.4, 0.5) is 4.79 Å². The van der Waals surface area contributed by atoms with Crippen LogP contribution in [0.25, 0.3) is 5.57 Å². The average Bonchev–Trinajstić information content (AvgIpc) is 2.67. The maximum absolute atomic E-state index is 12.1. The molecule has 0 aliphatic carbocycles. The molecule has 2 aromatic rings. The predicted molar refractivity (Wildman–Crippen MR) is 92.0 cm³/mol. The first-order valence-electron chi connectivity index (χ1n) is 7.98. The first kappa shape index (κ1) is 16.7. The first-order valence-corrected chi connectivity index (χ1v) is 7.98. The van der Waals surface area contributed by atoms with Crippen LogP contribution in [0.1, 0.15) is 28.0 Å². The fraction of sp³-hybridized carbons (Fsp3) is 0.211. The first-order chi connectivity index (χ1) is 12.1. The second-order valence-corrected chi connectivity index (χ2v) is 5.70. The van der Waals surface area contributed by atoms with E-state index >= 15 is 0 Å². The maximum Gasteiger partial charge on any atom is 0.407 e. The van der Waals surface area contributed by atoms with E-state index in [1.807, 2.05) is 42.5 Å². The van der Waals surface area contributed by atoms with Gasteiger partial charge in [-0.25, -0.2) is 14.6 Å². The van der Waals surface area contributed by atoms with Crippen LogP contribution in [0.5, 0.6) is 0 Å². The van der Waals surface area contributed by atoms with E-state index in [4.69, 9.17) is 9.84 Å². The molecule has 0 unspecified atom stereocenters. The summed E-state index contributed by atoms with van der Waals surface area (Å²) in [6, 6.07) is 12.9. The van der Waals surface area contributed by atoms with Crippen LogP contribution in [0, 0.1) is 0 Å². The van der Waals surface area contributed by atoms with E-state index in [1.54, 1.807) is 12.3 Å². The fourth-order valence-electron chi connectivity index (χ4n) is 2.61. The molecular formula is C19H18N2O4. The molecule has 128 valence electrons. The van der Waals surface area contributed by atoms with E-state index in [2.05, 4.69) is 4.98 Å². The summed E-state index contributed by atoms with van der Waals surface area (Å²) >= 11 is 0. The van der Waals surface area contributed by atoms with Gasteiger partial charge in [0.05, 0.1) is 0 Å². The molecule has 1 aromatic heterocycles. The van der Waals surface area contributed by atoms with Crippen LogP contribution in [0.15, 0.2) is 54.7 Å². The normalized spacial score (nSPS) is 13.9. The molecule has 0 fully saturated rings. The Bertz CT molecular complexity index is 785. The Morgan fingerprint density at radius 3 is 2.56 bits per heavy atom. The summed E-state index contributed by atoms with van der Waals surface area (Å²) in [5.74, 6) is -0.468. The largest absolute Gasteiger partial charge is 0.465 e. The van der Waals surface area contributed by atoms with Crippen molar-refractivity contribution in [3.63, 3.8) is 0 Å². The van der Waals surface area contributed by atoms with Crippen LogP contribution in [0.2, 0.25) is 0 Å². The minimum absolute atomic E-state index is 0.208. The highest BCUT2D eigenvalue weighted by Crippen LogP contribution is 2.22. The number of esters is 1. The van der Waals surface area contributed by atoms with Crippen molar-refractivity contribution in [3.05, 3.63) is 71.6 Å². The van der Waals surface area contributed by atoms with E-state index in [1.165, 1.54) is 4.90 Å². The molecule has 1 aromatic carbocycles. The summed E-state index contributed by atoms with van der Waals surface area (Å²) in [6.07, 6.45) is 3.22. The number of hydrogen-bond acceptors (Lipinski definition) is 4. The van der Waals surface area contributed by atoms with Crippen molar-refractivity contribution in [2.75, 3.05) is 13.1 Å². The number of aromatic nitrogens is 1. The Hall–Kier alpha value is -3.15. The number of carbonyl (C=O) groups is 2. The van der Waals surface area contributed by atoms with Crippen LogP contribution in [-0.2, 0) is 11.3 Å². The van der Waals surface area contributed by atoms with Crippen molar-refractivity contribution in [1.82, 2.24) is 9.88 Å². The molecule has 0 radical (unpaired) electrons. The third-order valence-corrected chi connectivity index (χ3v) is 4.04. The van der Waals surface area contributed by atoms with Gasteiger partial charge in [0.1, 0.15) is 12.3 Å². The molecule has 0 saturated heterocycles. The summed E-state index contributed by atoms with van der Waals surface area (Å²) < 4.78 is 5.25. The van der Waals surface area contributed by atoms with Crippen molar-refractivity contribution in [2.45, 2.75) is 13.0 Å². The lowest BCUT2D eigenvalue weighted by molar-refractivity contribution is 0.0465. The highest BCUT2D eigenvalue weighted by atomic mass is 16.5. The lowest BCUT2D eigenvalue weighted by Crippen LogP contribution is -2.33. The standard InChI is InChI=1S/C19H18N2O4/c22-18(25-13-14-4-2-1-3-5-14)17-7-6-16(12-20-17)15-8-10-21(11-9-15)19(23)24/h1-8,12H,9-11,13H2,(H,23,24). The fourth-order valence-corrected chi connectivity index (χ4v) is 2.61. The van der Waals surface area contributed by atoms with Gasteiger partial charge in [-0.1, -0.05) is 42.5 Å². The lowest BCUT2D eigenvalue weighted by atomic mass is 10.0. The van der Waals surface area contributed by atoms with Crippen LogP contribution in [0.3, 0.4) is 0 Å². The third kappa shape index (κ3) is 4.23. The van der Waals surface area contributed by atoms with Crippen molar-refractivity contribution in [2.24, 2.45) is 0 Å². The van der Waals surface area contributed by atoms with Crippen LogP contribution >= 0.6 is 0 Å². The maximum atomic E-state index is 12.1. The second kappa shape index (κ2) is 7.61. The van der Waals surface area contributed by atoms with Crippen LogP contribution in [-0.4, -0.2) is 40.1 Å². The lowest BCUT2D eigenvalue weighted by Gasteiger charge is -2.23. The van der Waals surface area contributed by atoms with E-state index in [9.17, 15) is 9.59 Å². The Morgan fingerprint density at radius 2 is 1.96 bits per heavy atom. The van der Waals surface area contributed by atoms with Gasteiger partial charge in [-0.15, -0.1) is 0 Å². The minimum atomic E-state index is -0.912. The van der Waals surface area contributed by atoms with Crippen molar-refractivity contribution in [1.29, 1.82) is 0 Å². The molecule has 0 spiro atoms. The zero-order valence-electron chi connectivity index (χ0n) is 13.6. The smallest absolute Gasteiger partial charge is 0.407 e. The summed E-state index contributed by atoms with van der Waals surface area (Å²) in [6.45, 7) is 1.03. The number of amides is 1.